The normalized spacial score (nSPS) is 26.3. The van der Waals surface area contributed by atoms with Gasteiger partial charge in [-0.2, -0.15) is 5.10 Å². The lowest BCUT2D eigenvalue weighted by Gasteiger charge is -2.40. The first-order chi connectivity index (χ1) is 8.27. The van der Waals surface area contributed by atoms with Gasteiger partial charge in [0.1, 0.15) is 0 Å². The van der Waals surface area contributed by atoms with Gasteiger partial charge in [0, 0.05) is 26.3 Å². The van der Waals surface area contributed by atoms with E-state index in [1.165, 1.54) is 5.69 Å². The van der Waals surface area contributed by atoms with Crippen LogP contribution in [0, 0.1) is 0 Å². The van der Waals surface area contributed by atoms with Crippen molar-refractivity contribution in [3.8, 4) is 0 Å². The molecule has 5 heteroatoms. The number of nitrogens with zero attached hydrogens (tertiary/aromatic N) is 3. The summed E-state index contributed by atoms with van der Waals surface area (Å²) in [6, 6.07) is 2.30. The molecule has 2 unspecified atom stereocenters. The lowest BCUT2D eigenvalue weighted by molar-refractivity contribution is -0.0700. The predicted molar refractivity (Wildman–Crippen MR) is 66.6 cm³/mol. The first-order valence-corrected chi connectivity index (χ1v) is 6.31. The van der Waals surface area contributed by atoms with Crippen molar-refractivity contribution in [1.82, 2.24) is 14.7 Å². The van der Waals surface area contributed by atoms with E-state index in [1.54, 1.807) is 0 Å². The molecular formula is C12H22N4O. The Labute approximate surface area is 103 Å². The number of rotatable bonds is 4. The molecule has 17 heavy (non-hydrogen) atoms. The minimum absolute atomic E-state index is 0.0747. The average Bonchev–Trinajstić information content (AvgIpc) is 2.75. The summed E-state index contributed by atoms with van der Waals surface area (Å²) in [5.74, 6) is 0. The zero-order valence-corrected chi connectivity index (χ0v) is 10.7. The van der Waals surface area contributed by atoms with E-state index in [2.05, 4.69) is 23.0 Å². The van der Waals surface area contributed by atoms with Crippen LogP contribution in [0.5, 0.6) is 0 Å². The van der Waals surface area contributed by atoms with Crippen molar-refractivity contribution in [1.29, 1.82) is 0 Å². The van der Waals surface area contributed by atoms with E-state index in [-0.39, 0.29) is 12.1 Å². The maximum atomic E-state index is 5.83. The number of hydrogen-bond acceptors (Lipinski definition) is 4. The Morgan fingerprint density at radius 3 is 3.00 bits per heavy atom. The number of hydrogen-bond donors (Lipinski definition) is 1. The van der Waals surface area contributed by atoms with Gasteiger partial charge in [0.15, 0.2) is 0 Å². The van der Waals surface area contributed by atoms with Crippen LogP contribution in [-0.4, -0.2) is 47.0 Å². The summed E-state index contributed by atoms with van der Waals surface area (Å²) in [4.78, 5) is 2.46. The maximum absolute atomic E-state index is 5.83. The summed E-state index contributed by atoms with van der Waals surface area (Å²) < 4.78 is 7.71. The molecule has 2 heterocycles. The molecule has 5 nitrogen and oxygen atoms in total. The van der Waals surface area contributed by atoms with Crippen molar-refractivity contribution in [2.24, 2.45) is 12.8 Å². The first-order valence-electron chi connectivity index (χ1n) is 6.31. The molecule has 0 amide bonds. The predicted octanol–water partition coefficient (Wildman–Crippen LogP) is 0.531. The second-order valence-electron chi connectivity index (χ2n) is 4.51. The summed E-state index contributed by atoms with van der Waals surface area (Å²) in [5, 5.41) is 4.25. The smallest absolute Gasteiger partial charge is 0.0909 e. The second kappa shape index (κ2) is 5.62. The first kappa shape index (κ1) is 12.5. The molecule has 1 aliphatic rings. The third-order valence-corrected chi connectivity index (χ3v) is 3.36. The average molecular weight is 238 g/mol. The Kier molecular flexibility index (Phi) is 4.15. The van der Waals surface area contributed by atoms with Gasteiger partial charge in [-0.3, -0.25) is 9.58 Å². The van der Waals surface area contributed by atoms with Crippen molar-refractivity contribution >= 4 is 0 Å². The Balaban J connectivity index is 2.25. The Morgan fingerprint density at radius 1 is 1.59 bits per heavy atom. The van der Waals surface area contributed by atoms with Crippen LogP contribution in [-0.2, 0) is 11.8 Å². The van der Waals surface area contributed by atoms with Crippen LogP contribution in [0.3, 0.4) is 0 Å². The fourth-order valence-electron chi connectivity index (χ4n) is 2.57. The molecule has 0 aliphatic carbocycles. The van der Waals surface area contributed by atoms with Gasteiger partial charge in [-0.15, -0.1) is 0 Å². The number of nitrogens with two attached hydrogens (primary N) is 1. The largest absolute Gasteiger partial charge is 0.374 e. The summed E-state index contributed by atoms with van der Waals surface area (Å²) in [5.41, 5.74) is 7.02. The minimum atomic E-state index is 0.0747. The third-order valence-electron chi connectivity index (χ3n) is 3.36. The molecule has 2 atom stereocenters. The molecule has 1 aromatic heterocycles. The van der Waals surface area contributed by atoms with Crippen LogP contribution in [0.2, 0.25) is 0 Å². The maximum Gasteiger partial charge on any atom is 0.0909 e. The molecule has 1 fully saturated rings. The Hall–Kier alpha value is -0.910. The number of ether oxygens (including phenoxy) is 1. The van der Waals surface area contributed by atoms with Crippen LogP contribution in [0.15, 0.2) is 12.3 Å². The third kappa shape index (κ3) is 2.51. The number of aromatic nitrogens is 2. The molecule has 0 radical (unpaired) electrons. The van der Waals surface area contributed by atoms with Gasteiger partial charge in [0.05, 0.1) is 24.4 Å². The molecule has 0 saturated carbocycles. The standard InChI is InChI=1S/C12H22N4O/c1-3-6-16-7-8-17-11(9-13)12(16)10-4-5-14-15(10)2/h4-5,11-12H,3,6-9,13H2,1-2H3. The van der Waals surface area contributed by atoms with E-state index in [9.17, 15) is 0 Å². The summed E-state index contributed by atoms with van der Waals surface area (Å²) >= 11 is 0. The van der Waals surface area contributed by atoms with Crippen LogP contribution in [0.1, 0.15) is 25.1 Å². The highest BCUT2D eigenvalue weighted by Gasteiger charge is 2.33. The van der Waals surface area contributed by atoms with Crippen molar-refractivity contribution in [3.63, 3.8) is 0 Å². The van der Waals surface area contributed by atoms with E-state index < -0.39 is 0 Å². The lowest BCUT2D eigenvalue weighted by atomic mass is 10.0. The quantitative estimate of drug-likeness (QED) is 0.831. The second-order valence-corrected chi connectivity index (χ2v) is 4.51. The van der Waals surface area contributed by atoms with E-state index >= 15 is 0 Å². The molecule has 1 aliphatic heterocycles. The van der Waals surface area contributed by atoms with Crippen LogP contribution in [0.4, 0.5) is 0 Å². The van der Waals surface area contributed by atoms with Crippen LogP contribution in [0.25, 0.3) is 0 Å². The van der Waals surface area contributed by atoms with Crippen LogP contribution >= 0.6 is 0 Å². The monoisotopic (exact) mass is 238 g/mol. The van der Waals surface area contributed by atoms with E-state index in [0.29, 0.717) is 6.54 Å². The fraction of sp³-hybridized carbons (Fsp3) is 0.750. The molecular weight excluding hydrogens is 216 g/mol. The molecule has 0 aromatic carbocycles. The highest BCUT2D eigenvalue weighted by atomic mass is 16.5. The fourth-order valence-corrected chi connectivity index (χ4v) is 2.57. The van der Waals surface area contributed by atoms with E-state index in [1.807, 2.05) is 17.9 Å². The number of morpholine rings is 1. The zero-order chi connectivity index (χ0) is 12.3. The van der Waals surface area contributed by atoms with Gasteiger partial charge in [0.25, 0.3) is 0 Å². The van der Waals surface area contributed by atoms with Gasteiger partial charge in [-0.25, -0.2) is 0 Å². The highest BCUT2D eigenvalue weighted by molar-refractivity contribution is 5.10. The SMILES string of the molecule is CCCN1CCOC(CN)C1c1ccnn1C. The Morgan fingerprint density at radius 2 is 2.41 bits per heavy atom. The molecule has 2 N–H and O–H groups in total. The summed E-state index contributed by atoms with van der Waals surface area (Å²) in [6.07, 6.45) is 3.05. The van der Waals surface area contributed by atoms with Gasteiger partial charge < -0.3 is 10.5 Å². The van der Waals surface area contributed by atoms with Crippen LogP contribution < -0.4 is 5.73 Å². The van der Waals surface area contributed by atoms with Gasteiger partial charge in [0.2, 0.25) is 0 Å². The van der Waals surface area contributed by atoms with Gasteiger partial charge in [-0.1, -0.05) is 6.92 Å². The van der Waals surface area contributed by atoms with E-state index in [0.717, 1.165) is 26.1 Å². The van der Waals surface area contributed by atoms with Crippen molar-refractivity contribution in [2.45, 2.75) is 25.5 Å². The lowest BCUT2D eigenvalue weighted by Crippen LogP contribution is -2.49. The van der Waals surface area contributed by atoms with Crippen molar-refractivity contribution in [2.75, 3.05) is 26.2 Å². The molecule has 0 bridgehead atoms. The van der Waals surface area contributed by atoms with Gasteiger partial charge in [-0.05, 0) is 19.0 Å². The molecule has 1 saturated heterocycles. The summed E-state index contributed by atoms with van der Waals surface area (Å²) in [6.45, 7) is 5.58. The molecule has 1 aromatic rings. The zero-order valence-electron chi connectivity index (χ0n) is 10.7. The molecule has 2 rings (SSSR count). The van der Waals surface area contributed by atoms with Gasteiger partial charge >= 0.3 is 0 Å². The number of aryl methyl sites for hydroxylation is 1. The minimum Gasteiger partial charge on any atom is -0.374 e. The highest BCUT2D eigenvalue weighted by Crippen LogP contribution is 2.28. The van der Waals surface area contributed by atoms with E-state index in [4.69, 9.17) is 10.5 Å². The molecule has 96 valence electrons. The molecule has 0 spiro atoms. The topological polar surface area (TPSA) is 56.3 Å². The Bertz CT molecular complexity index is 350. The summed E-state index contributed by atoms with van der Waals surface area (Å²) in [7, 11) is 1.97. The van der Waals surface area contributed by atoms with Crippen molar-refractivity contribution in [3.05, 3.63) is 18.0 Å². The van der Waals surface area contributed by atoms with Crippen molar-refractivity contribution < 1.29 is 4.74 Å².